The summed E-state index contributed by atoms with van der Waals surface area (Å²) in [6.45, 7) is 1.42. The lowest BCUT2D eigenvalue weighted by atomic mass is 10.2. The van der Waals surface area contributed by atoms with E-state index < -0.39 is 4.92 Å². The number of anilines is 6. The molecule has 0 bridgehead atoms. The molecule has 2 heterocycles. The predicted molar refractivity (Wildman–Crippen MR) is 139 cm³/mol. The molecule has 0 saturated heterocycles. The van der Waals surface area contributed by atoms with Crippen molar-refractivity contribution in [1.29, 1.82) is 0 Å². The van der Waals surface area contributed by atoms with E-state index in [9.17, 15) is 14.9 Å². The van der Waals surface area contributed by atoms with E-state index in [1.165, 1.54) is 13.2 Å². The molecule has 12 heteroatoms. The molecule has 0 radical (unpaired) electrons. The van der Waals surface area contributed by atoms with Crippen LogP contribution in [0.4, 0.5) is 40.2 Å². The van der Waals surface area contributed by atoms with Gasteiger partial charge in [-0.25, -0.2) is 4.98 Å². The first-order chi connectivity index (χ1) is 17.3. The molecule has 0 spiro atoms. The van der Waals surface area contributed by atoms with Gasteiger partial charge in [0.1, 0.15) is 23.8 Å². The number of fused-ring (bicyclic) bond motifs is 1. The molecule has 1 aromatic heterocycles. The zero-order valence-electron chi connectivity index (χ0n) is 20.6. The maximum Gasteiger partial charge on any atom is 0.294 e. The van der Waals surface area contributed by atoms with Crippen molar-refractivity contribution in [1.82, 2.24) is 14.9 Å². The zero-order chi connectivity index (χ0) is 25.8. The largest absolute Gasteiger partial charge is 0.494 e. The number of hydrogen-bond acceptors (Lipinski definition) is 10. The molecule has 0 fully saturated rings. The van der Waals surface area contributed by atoms with Crippen LogP contribution in [-0.4, -0.2) is 73.6 Å². The van der Waals surface area contributed by atoms with Gasteiger partial charge in [0.15, 0.2) is 0 Å². The fourth-order valence-corrected chi connectivity index (χ4v) is 3.86. The number of carbonyl (C=O) groups excluding carboxylic acids is 1. The number of rotatable bonds is 9. The van der Waals surface area contributed by atoms with Crippen LogP contribution < -0.4 is 25.2 Å². The Hall–Kier alpha value is -4.45. The van der Waals surface area contributed by atoms with Crippen LogP contribution in [0.2, 0.25) is 0 Å². The van der Waals surface area contributed by atoms with E-state index in [0.717, 1.165) is 12.2 Å². The van der Waals surface area contributed by atoms with Crippen LogP contribution in [0.15, 0.2) is 48.7 Å². The summed E-state index contributed by atoms with van der Waals surface area (Å²) >= 11 is 0. The third-order valence-electron chi connectivity index (χ3n) is 5.72. The topological polar surface area (TPSA) is 129 Å². The number of ether oxygens (including phenoxy) is 1. The highest BCUT2D eigenvalue weighted by atomic mass is 16.6. The number of nitro benzene ring substituents is 1. The van der Waals surface area contributed by atoms with Crippen LogP contribution >= 0.6 is 0 Å². The van der Waals surface area contributed by atoms with Gasteiger partial charge in [0.25, 0.3) is 5.69 Å². The van der Waals surface area contributed by atoms with Crippen molar-refractivity contribution in [3.05, 3.63) is 58.8 Å². The first-order valence-corrected chi connectivity index (χ1v) is 11.3. The van der Waals surface area contributed by atoms with E-state index in [1.807, 2.05) is 48.2 Å². The molecule has 1 aliphatic rings. The molecular weight excluding hydrogens is 464 g/mol. The fraction of sp³-hybridized carbons (Fsp3) is 0.292. The van der Waals surface area contributed by atoms with Crippen molar-refractivity contribution in [3.8, 4) is 5.75 Å². The summed E-state index contributed by atoms with van der Waals surface area (Å²) in [6, 6.07) is 12.2. The molecule has 188 valence electrons. The second-order valence-corrected chi connectivity index (χ2v) is 8.54. The van der Waals surface area contributed by atoms with Crippen LogP contribution in [0.5, 0.6) is 5.75 Å². The average molecular weight is 493 g/mol. The fourth-order valence-electron chi connectivity index (χ4n) is 3.86. The minimum atomic E-state index is -0.424. The maximum absolute atomic E-state index is 12.2. The number of aromatic nitrogens is 2. The van der Waals surface area contributed by atoms with Gasteiger partial charge in [-0.15, -0.1) is 0 Å². The molecule has 0 saturated carbocycles. The van der Waals surface area contributed by atoms with Crippen molar-refractivity contribution in [3.63, 3.8) is 0 Å². The monoisotopic (exact) mass is 492 g/mol. The number of likely N-dealkylation sites (N-methyl/N-ethyl adjacent to an activating group) is 2. The van der Waals surface area contributed by atoms with Crippen LogP contribution in [0, 0.1) is 10.1 Å². The lowest BCUT2D eigenvalue weighted by Gasteiger charge is -2.30. The number of nitrogens with one attached hydrogen (secondary N) is 2. The summed E-state index contributed by atoms with van der Waals surface area (Å²) in [6.07, 6.45) is 1.56. The number of carbonyl (C=O) groups is 1. The Balaban J connectivity index is 1.66. The van der Waals surface area contributed by atoms with Crippen molar-refractivity contribution >= 4 is 46.1 Å². The smallest absolute Gasteiger partial charge is 0.294 e. The summed E-state index contributed by atoms with van der Waals surface area (Å²) in [7, 11) is 7.19. The van der Waals surface area contributed by atoms with Gasteiger partial charge in [-0.05, 0) is 32.3 Å². The van der Waals surface area contributed by atoms with Gasteiger partial charge in [0, 0.05) is 38.5 Å². The van der Waals surface area contributed by atoms with Crippen LogP contribution in [0.25, 0.3) is 0 Å². The number of benzene rings is 2. The van der Waals surface area contributed by atoms with Crippen LogP contribution in [0.3, 0.4) is 0 Å². The lowest BCUT2D eigenvalue weighted by Crippen LogP contribution is -2.35. The van der Waals surface area contributed by atoms with Crippen molar-refractivity contribution < 1.29 is 14.5 Å². The number of hydrogen-bond donors (Lipinski definition) is 2. The second kappa shape index (κ2) is 10.4. The van der Waals surface area contributed by atoms with Crippen LogP contribution in [0.1, 0.15) is 0 Å². The molecule has 36 heavy (non-hydrogen) atoms. The Morgan fingerprint density at radius 3 is 2.69 bits per heavy atom. The third-order valence-corrected chi connectivity index (χ3v) is 5.72. The molecule has 1 amide bonds. The van der Waals surface area contributed by atoms with Crippen LogP contribution in [-0.2, 0) is 4.79 Å². The third kappa shape index (κ3) is 5.28. The summed E-state index contributed by atoms with van der Waals surface area (Å²) in [5, 5.41) is 17.8. The first-order valence-electron chi connectivity index (χ1n) is 11.3. The quantitative estimate of drug-likeness (QED) is 0.339. The number of nitrogens with zero attached hydrogens (tertiary/aromatic N) is 6. The Morgan fingerprint density at radius 2 is 1.97 bits per heavy atom. The van der Waals surface area contributed by atoms with Gasteiger partial charge < -0.3 is 30.1 Å². The summed E-state index contributed by atoms with van der Waals surface area (Å²) in [5.74, 6) is 0.956. The van der Waals surface area contributed by atoms with Gasteiger partial charge in [0.2, 0.25) is 11.9 Å². The summed E-state index contributed by atoms with van der Waals surface area (Å²) < 4.78 is 5.53. The average Bonchev–Trinajstić information content (AvgIpc) is 2.86. The minimum Gasteiger partial charge on any atom is -0.494 e. The molecular formula is C24H28N8O4. The molecule has 2 aromatic carbocycles. The highest BCUT2D eigenvalue weighted by Gasteiger charge is 2.25. The first kappa shape index (κ1) is 24.7. The standard InChI is InChI=1S/C24H28N8O4/c1-29(2)11-12-30(3)19-14-21(36-4)17(13-20(19)32(34)35)27-24-25-10-9-22(28-24)31-15-23(33)26-16-7-5-6-8-18(16)31/h5-10,13-14H,11-12,15H2,1-4H3,(H,26,33)(H,25,27,28). The summed E-state index contributed by atoms with van der Waals surface area (Å²) in [4.78, 5) is 38.2. The lowest BCUT2D eigenvalue weighted by molar-refractivity contribution is -0.384. The number of amides is 1. The maximum atomic E-state index is 12.2. The highest BCUT2D eigenvalue weighted by molar-refractivity contribution is 6.02. The van der Waals surface area contributed by atoms with Gasteiger partial charge in [-0.2, -0.15) is 4.98 Å². The van der Waals surface area contributed by atoms with Gasteiger partial charge in [0.05, 0.1) is 29.1 Å². The molecule has 12 nitrogen and oxygen atoms in total. The minimum absolute atomic E-state index is 0.0719. The highest BCUT2D eigenvalue weighted by Crippen LogP contribution is 2.39. The van der Waals surface area contributed by atoms with E-state index >= 15 is 0 Å². The van der Waals surface area contributed by atoms with Crippen molar-refractivity contribution in [2.45, 2.75) is 0 Å². The normalized spacial score (nSPS) is 12.7. The Labute approximate surface area is 208 Å². The Morgan fingerprint density at radius 1 is 1.19 bits per heavy atom. The number of para-hydroxylation sites is 2. The Kier molecular flexibility index (Phi) is 7.15. The second-order valence-electron chi connectivity index (χ2n) is 8.54. The van der Waals surface area contributed by atoms with E-state index in [0.29, 0.717) is 35.2 Å². The van der Waals surface area contributed by atoms with Gasteiger partial charge in [-0.1, -0.05) is 12.1 Å². The summed E-state index contributed by atoms with van der Waals surface area (Å²) in [5.41, 5.74) is 2.21. The number of nitro groups is 1. The van der Waals surface area contributed by atoms with E-state index in [2.05, 4.69) is 20.6 Å². The SMILES string of the molecule is COc1cc(N(C)CCN(C)C)c([N+](=O)[O-])cc1Nc1nccc(N2CC(=O)Nc3ccccc32)n1. The van der Waals surface area contributed by atoms with Gasteiger partial charge >= 0.3 is 0 Å². The van der Waals surface area contributed by atoms with Crippen molar-refractivity contribution in [2.75, 3.05) is 68.3 Å². The molecule has 0 aliphatic carbocycles. The molecule has 1 aliphatic heterocycles. The van der Waals surface area contributed by atoms with E-state index in [1.54, 1.807) is 30.3 Å². The predicted octanol–water partition coefficient (Wildman–Crippen LogP) is 3.23. The van der Waals surface area contributed by atoms with E-state index in [4.69, 9.17) is 4.74 Å². The molecule has 2 N–H and O–H groups in total. The molecule has 3 aromatic rings. The molecule has 0 unspecified atom stereocenters. The van der Waals surface area contributed by atoms with Gasteiger partial charge in [-0.3, -0.25) is 14.9 Å². The molecule has 0 atom stereocenters. The zero-order valence-corrected chi connectivity index (χ0v) is 20.6. The Bertz CT molecular complexity index is 1280. The number of methoxy groups -OCH3 is 1. The van der Waals surface area contributed by atoms with Crippen molar-refractivity contribution in [2.24, 2.45) is 0 Å². The molecule has 4 rings (SSSR count). The van der Waals surface area contributed by atoms with E-state index in [-0.39, 0.29) is 24.1 Å².